The highest BCUT2D eigenvalue weighted by atomic mass is 16.5. The molecule has 4 aromatic rings. The van der Waals surface area contributed by atoms with Crippen LogP contribution in [0.4, 0.5) is 0 Å². The van der Waals surface area contributed by atoms with Crippen LogP contribution in [0.15, 0.2) is 84.9 Å². The largest absolute Gasteiger partial charge is 0.493 e. The van der Waals surface area contributed by atoms with Gasteiger partial charge in [-0.25, -0.2) is 0 Å². The average molecular weight is 440 g/mol. The molecule has 166 valence electrons. The predicted octanol–water partition coefficient (Wildman–Crippen LogP) is 5.33. The van der Waals surface area contributed by atoms with Gasteiger partial charge in [-0.3, -0.25) is 0 Å². The van der Waals surface area contributed by atoms with E-state index in [0.717, 1.165) is 45.6 Å². The van der Waals surface area contributed by atoms with E-state index < -0.39 is 0 Å². The highest BCUT2D eigenvalue weighted by molar-refractivity contribution is 5.76. The first kappa shape index (κ1) is 21.0. The zero-order valence-corrected chi connectivity index (χ0v) is 18.2. The summed E-state index contributed by atoms with van der Waals surface area (Å²) in [5.41, 5.74) is 5.89. The maximum absolute atomic E-state index is 9.68. The first-order chi connectivity index (χ1) is 16.3. The van der Waals surface area contributed by atoms with Crippen LogP contribution < -0.4 is 14.2 Å². The summed E-state index contributed by atoms with van der Waals surface area (Å²) >= 11 is 0. The Hall–Kier alpha value is -3.83. The number of pyridine rings is 1. The molecule has 3 aromatic carbocycles. The molecule has 1 N–H and O–H groups in total. The van der Waals surface area contributed by atoms with Crippen LogP contribution in [0, 0.1) is 0 Å². The number of aromatic nitrogens is 1. The van der Waals surface area contributed by atoms with Crippen LogP contribution in [0.25, 0.3) is 11.1 Å². The lowest BCUT2D eigenvalue weighted by Gasteiger charge is -2.16. The molecule has 5 rings (SSSR count). The second-order valence-corrected chi connectivity index (χ2v) is 7.89. The van der Waals surface area contributed by atoms with Gasteiger partial charge in [0.15, 0.2) is 0 Å². The molecule has 0 radical (unpaired) electrons. The molecule has 0 amide bonds. The van der Waals surface area contributed by atoms with Crippen molar-refractivity contribution in [2.45, 2.75) is 26.2 Å². The molecule has 0 unspecified atom stereocenters. The fourth-order valence-electron chi connectivity index (χ4n) is 4.01. The number of nitrogens with zero attached hydrogens (tertiary/aromatic N) is 1. The molecule has 0 aliphatic carbocycles. The van der Waals surface area contributed by atoms with E-state index in [2.05, 4.69) is 0 Å². The molecule has 0 saturated carbocycles. The Labute approximate surface area is 193 Å². The van der Waals surface area contributed by atoms with Crippen molar-refractivity contribution in [3.63, 3.8) is 0 Å². The average Bonchev–Trinajstić information content (AvgIpc) is 3.37. The summed E-state index contributed by atoms with van der Waals surface area (Å²) < 4.78 is 18.0. The number of aliphatic hydroxyl groups excluding tert-OH is 1. The molecular formula is C28H25NO4. The number of benzene rings is 3. The van der Waals surface area contributed by atoms with E-state index in [-0.39, 0.29) is 6.61 Å². The van der Waals surface area contributed by atoms with E-state index in [9.17, 15) is 5.11 Å². The Kier molecular flexibility index (Phi) is 6.22. The quantitative estimate of drug-likeness (QED) is 0.402. The van der Waals surface area contributed by atoms with Gasteiger partial charge in [0.1, 0.15) is 19.0 Å². The fraction of sp³-hybridized carbons (Fsp3) is 0.179. The summed E-state index contributed by atoms with van der Waals surface area (Å²) in [6.45, 7) is 1.38. The van der Waals surface area contributed by atoms with Crippen molar-refractivity contribution in [1.29, 1.82) is 0 Å². The molecule has 33 heavy (non-hydrogen) atoms. The van der Waals surface area contributed by atoms with Crippen molar-refractivity contribution < 1.29 is 19.3 Å². The molecule has 2 heterocycles. The van der Waals surface area contributed by atoms with Crippen molar-refractivity contribution in [1.82, 2.24) is 4.98 Å². The predicted molar refractivity (Wildman–Crippen MR) is 126 cm³/mol. The van der Waals surface area contributed by atoms with Crippen LogP contribution in [-0.2, 0) is 26.2 Å². The lowest BCUT2D eigenvalue weighted by Crippen LogP contribution is -2.03. The number of rotatable bonds is 8. The van der Waals surface area contributed by atoms with Gasteiger partial charge in [-0.2, -0.15) is 4.98 Å². The highest BCUT2D eigenvalue weighted by Gasteiger charge is 2.23. The smallest absolute Gasteiger partial charge is 0.225 e. The summed E-state index contributed by atoms with van der Waals surface area (Å²) in [5, 5.41) is 9.68. The normalized spacial score (nSPS) is 12.2. The first-order valence-electron chi connectivity index (χ1n) is 11.0. The number of ether oxygens (including phenoxy) is 3. The Morgan fingerprint density at radius 3 is 2.12 bits per heavy atom. The Morgan fingerprint density at radius 2 is 1.42 bits per heavy atom. The van der Waals surface area contributed by atoms with E-state index in [4.69, 9.17) is 19.2 Å². The summed E-state index contributed by atoms with van der Waals surface area (Å²) in [4.78, 5) is 4.71. The maximum atomic E-state index is 9.68. The van der Waals surface area contributed by atoms with Crippen LogP contribution in [0.1, 0.15) is 22.3 Å². The summed E-state index contributed by atoms with van der Waals surface area (Å²) in [7, 11) is 0. The number of hydrogen-bond donors (Lipinski definition) is 1. The van der Waals surface area contributed by atoms with E-state index in [1.807, 2.05) is 84.9 Å². The maximum Gasteiger partial charge on any atom is 0.225 e. The van der Waals surface area contributed by atoms with E-state index in [0.29, 0.717) is 31.6 Å². The van der Waals surface area contributed by atoms with Crippen molar-refractivity contribution in [3.05, 3.63) is 107 Å². The number of fused-ring (bicyclic) bond motifs is 1. The molecule has 5 nitrogen and oxygen atoms in total. The third-order valence-electron chi connectivity index (χ3n) is 5.68. The first-order valence-corrected chi connectivity index (χ1v) is 11.0. The second kappa shape index (κ2) is 9.76. The van der Waals surface area contributed by atoms with Gasteiger partial charge >= 0.3 is 0 Å². The van der Waals surface area contributed by atoms with E-state index >= 15 is 0 Å². The van der Waals surface area contributed by atoms with Crippen LogP contribution >= 0.6 is 0 Å². The molecule has 0 saturated heterocycles. The Morgan fingerprint density at radius 1 is 0.758 bits per heavy atom. The van der Waals surface area contributed by atoms with Gasteiger partial charge in [0, 0.05) is 29.2 Å². The van der Waals surface area contributed by atoms with Crippen LogP contribution in [0.2, 0.25) is 0 Å². The third kappa shape index (κ3) is 4.69. The molecule has 0 fully saturated rings. The monoisotopic (exact) mass is 439 g/mol. The van der Waals surface area contributed by atoms with Gasteiger partial charge in [-0.1, -0.05) is 72.8 Å². The summed E-state index contributed by atoms with van der Waals surface area (Å²) in [6, 6.07) is 27.8. The third-order valence-corrected chi connectivity index (χ3v) is 5.68. The molecule has 0 bridgehead atoms. The van der Waals surface area contributed by atoms with Crippen molar-refractivity contribution >= 4 is 0 Å². The van der Waals surface area contributed by atoms with Crippen LogP contribution in [-0.4, -0.2) is 16.7 Å². The van der Waals surface area contributed by atoms with Crippen molar-refractivity contribution in [3.8, 4) is 28.6 Å². The van der Waals surface area contributed by atoms with Gasteiger partial charge < -0.3 is 19.3 Å². The molecule has 1 aliphatic heterocycles. The molecule has 0 atom stereocenters. The zero-order valence-electron chi connectivity index (χ0n) is 18.2. The summed E-state index contributed by atoms with van der Waals surface area (Å²) in [5.74, 6) is 1.79. The fourth-order valence-corrected chi connectivity index (χ4v) is 4.01. The van der Waals surface area contributed by atoms with E-state index in [1.165, 1.54) is 0 Å². The Bertz CT molecular complexity index is 1230. The summed E-state index contributed by atoms with van der Waals surface area (Å²) in [6.07, 6.45) is 0.781. The SMILES string of the molecule is OCc1ccc(-c2ccc(OCc3ccccc3)nc2OCc2ccccc2)c2c1OCC2. The second-order valence-electron chi connectivity index (χ2n) is 7.89. The topological polar surface area (TPSA) is 60.8 Å². The Balaban J connectivity index is 1.48. The van der Waals surface area contributed by atoms with Crippen LogP contribution in [0.5, 0.6) is 17.5 Å². The lowest BCUT2D eigenvalue weighted by atomic mass is 9.96. The van der Waals surface area contributed by atoms with Crippen molar-refractivity contribution in [2.75, 3.05) is 6.61 Å². The molecule has 5 heteroatoms. The standard InChI is InChI=1S/C28H25NO4/c30-17-22-11-12-23(24-15-16-31-27(22)24)25-13-14-26(32-18-20-7-3-1-4-8-20)29-28(25)33-19-21-9-5-2-6-10-21/h1-14,30H,15-19H2. The minimum atomic E-state index is -0.0511. The van der Waals surface area contributed by atoms with Gasteiger partial charge in [0.2, 0.25) is 11.8 Å². The minimum absolute atomic E-state index is 0.0511. The number of hydrogen-bond acceptors (Lipinski definition) is 5. The number of aliphatic hydroxyl groups is 1. The lowest BCUT2D eigenvalue weighted by molar-refractivity contribution is 0.268. The van der Waals surface area contributed by atoms with Gasteiger partial charge in [0.25, 0.3) is 0 Å². The molecule has 1 aliphatic rings. The van der Waals surface area contributed by atoms with E-state index in [1.54, 1.807) is 0 Å². The zero-order chi connectivity index (χ0) is 22.5. The van der Waals surface area contributed by atoms with Crippen LogP contribution in [0.3, 0.4) is 0 Å². The minimum Gasteiger partial charge on any atom is -0.493 e. The van der Waals surface area contributed by atoms with Gasteiger partial charge in [-0.15, -0.1) is 0 Å². The van der Waals surface area contributed by atoms with Crippen molar-refractivity contribution in [2.24, 2.45) is 0 Å². The molecular weight excluding hydrogens is 414 g/mol. The van der Waals surface area contributed by atoms with Gasteiger partial charge in [0.05, 0.1) is 13.2 Å². The molecule has 1 aromatic heterocycles. The molecule has 0 spiro atoms. The van der Waals surface area contributed by atoms with Gasteiger partial charge in [-0.05, 0) is 22.8 Å². The highest BCUT2D eigenvalue weighted by Crippen LogP contribution is 2.41.